The van der Waals surface area contributed by atoms with Gasteiger partial charge in [0.25, 0.3) is 0 Å². The van der Waals surface area contributed by atoms with Gasteiger partial charge in [0, 0.05) is 5.02 Å². The first-order chi connectivity index (χ1) is 7.66. The standard InChI is InChI=1S/C14H13ClO/c1-10-4-2-5-11(8-10)14(16)12-6-3-7-13(15)9-12/h2-9,14,16H,1H3/t14-/m1/s1. The lowest BCUT2D eigenvalue weighted by Crippen LogP contribution is -1.99. The summed E-state index contributed by atoms with van der Waals surface area (Å²) in [5.74, 6) is 0. The predicted molar refractivity (Wildman–Crippen MR) is 66.7 cm³/mol. The van der Waals surface area contributed by atoms with E-state index in [9.17, 15) is 5.11 Å². The molecule has 0 fully saturated rings. The zero-order valence-corrected chi connectivity index (χ0v) is 9.78. The van der Waals surface area contributed by atoms with E-state index < -0.39 is 6.10 Å². The van der Waals surface area contributed by atoms with Gasteiger partial charge in [-0.25, -0.2) is 0 Å². The van der Waals surface area contributed by atoms with Crippen LogP contribution in [0.25, 0.3) is 0 Å². The molecule has 0 bridgehead atoms. The molecule has 0 saturated carbocycles. The Hall–Kier alpha value is -1.31. The van der Waals surface area contributed by atoms with E-state index in [0.717, 1.165) is 16.7 Å². The zero-order valence-electron chi connectivity index (χ0n) is 9.02. The number of aliphatic hydroxyl groups excluding tert-OH is 1. The van der Waals surface area contributed by atoms with Gasteiger partial charge in [0.2, 0.25) is 0 Å². The normalized spacial score (nSPS) is 12.4. The van der Waals surface area contributed by atoms with E-state index >= 15 is 0 Å². The van der Waals surface area contributed by atoms with Crippen LogP contribution < -0.4 is 0 Å². The molecule has 0 saturated heterocycles. The largest absolute Gasteiger partial charge is 0.384 e. The van der Waals surface area contributed by atoms with Crippen LogP contribution in [0.15, 0.2) is 48.5 Å². The highest BCUT2D eigenvalue weighted by molar-refractivity contribution is 6.30. The van der Waals surface area contributed by atoms with Gasteiger partial charge < -0.3 is 5.11 Å². The maximum Gasteiger partial charge on any atom is 0.104 e. The van der Waals surface area contributed by atoms with E-state index in [-0.39, 0.29) is 0 Å². The molecule has 0 spiro atoms. The molecule has 1 nitrogen and oxygen atoms in total. The number of rotatable bonds is 2. The van der Waals surface area contributed by atoms with Gasteiger partial charge in [0.1, 0.15) is 6.10 Å². The summed E-state index contributed by atoms with van der Waals surface area (Å²) in [5.41, 5.74) is 2.85. The van der Waals surface area contributed by atoms with Crippen LogP contribution in [-0.2, 0) is 0 Å². The smallest absolute Gasteiger partial charge is 0.104 e. The van der Waals surface area contributed by atoms with Gasteiger partial charge in [-0.15, -0.1) is 0 Å². The number of benzene rings is 2. The van der Waals surface area contributed by atoms with Gasteiger partial charge in [-0.05, 0) is 30.2 Å². The van der Waals surface area contributed by atoms with Crippen LogP contribution in [0.4, 0.5) is 0 Å². The highest BCUT2D eigenvalue weighted by atomic mass is 35.5. The molecule has 1 N–H and O–H groups in total. The van der Waals surface area contributed by atoms with Gasteiger partial charge in [-0.1, -0.05) is 53.6 Å². The van der Waals surface area contributed by atoms with Crippen molar-refractivity contribution in [3.63, 3.8) is 0 Å². The van der Waals surface area contributed by atoms with Crippen molar-refractivity contribution in [2.75, 3.05) is 0 Å². The molecule has 0 aliphatic carbocycles. The topological polar surface area (TPSA) is 20.2 Å². The average molecular weight is 233 g/mol. The van der Waals surface area contributed by atoms with Gasteiger partial charge in [-0.2, -0.15) is 0 Å². The van der Waals surface area contributed by atoms with Crippen molar-refractivity contribution >= 4 is 11.6 Å². The quantitative estimate of drug-likeness (QED) is 0.837. The molecule has 0 aromatic heterocycles. The van der Waals surface area contributed by atoms with Crippen LogP contribution in [0.2, 0.25) is 5.02 Å². The van der Waals surface area contributed by atoms with Crippen LogP contribution in [0, 0.1) is 6.92 Å². The predicted octanol–water partition coefficient (Wildman–Crippen LogP) is 3.73. The van der Waals surface area contributed by atoms with E-state index in [1.54, 1.807) is 12.1 Å². The monoisotopic (exact) mass is 232 g/mol. The van der Waals surface area contributed by atoms with E-state index in [1.165, 1.54) is 0 Å². The summed E-state index contributed by atoms with van der Waals surface area (Å²) in [6.07, 6.45) is -0.612. The van der Waals surface area contributed by atoms with Crippen molar-refractivity contribution in [1.29, 1.82) is 0 Å². The maximum absolute atomic E-state index is 10.2. The molecular formula is C14H13ClO. The van der Waals surface area contributed by atoms with Crippen LogP contribution in [0.1, 0.15) is 22.8 Å². The molecule has 0 heterocycles. The maximum atomic E-state index is 10.2. The Morgan fingerprint density at radius 2 is 1.62 bits per heavy atom. The van der Waals surface area contributed by atoms with Crippen LogP contribution in [-0.4, -0.2) is 5.11 Å². The van der Waals surface area contributed by atoms with Crippen LogP contribution in [0.3, 0.4) is 0 Å². The van der Waals surface area contributed by atoms with Crippen LogP contribution in [0.5, 0.6) is 0 Å². The second kappa shape index (κ2) is 4.69. The average Bonchev–Trinajstić information content (AvgIpc) is 2.28. The molecule has 2 aromatic carbocycles. The highest BCUT2D eigenvalue weighted by Gasteiger charge is 2.10. The molecule has 0 amide bonds. The summed E-state index contributed by atoms with van der Waals surface area (Å²) >= 11 is 5.90. The molecule has 82 valence electrons. The van der Waals surface area contributed by atoms with Gasteiger partial charge >= 0.3 is 0 Å². The Labute approximate surface area is 100 Å². The fourth-order valence-corrected chi connectivity index (χ4v) is 1.91. The molecule has 2 aromatic rings. The number of aliphatic hydroxyl groups is 1. The van der Waals surface area contributed by atoms with E-state index in [1.807, 2.05) is 43.3 Å². The van der Waals surface area contributed by atoms with Crippen LogP contribution >= 0.6 is 11.6 Å². The lowest BCUT2D eigenvalue weighted by atomic mass is 10.0. The molecule has 0 radical (unpaired) electrons. The number of hydrogen-bond donors (Lipinski definition) is 1. The van der Waals surface area contributed by atoms with E-state index in [2.05, 4.69) is 0 Å². The minimum absolute atomic E-state index is 0.612. The number of aryl methyl sites for hydroxylation is 1. The van der Waals surface area contributed by atoms with Crippen molar-refractivity contribution in [1.82, 2.24) is 0 Å². The Balaban J connectivity index is 2.35. The minimum Gasteiger partial charge on any atom is -0.384 e. The first kappa shape index (κ1) is 11.2. The molecule has 0 unspecified atom stereocenters. The molecule has 2 heteroatoms. The summed E-state index contributed by atoms with van der Waals surface area (Å²) in [6.45, 7) is 2.01. The third kappa shape index (κ3) is 2.43. The van der Waals surface area contributed by atoms with Gasteiger partial charge in [-0.3, -0.25) is 0 Å². The Bertz CT molecular complexity index is 448. The zero-order chi connectivity index (χ0) is 11.5. The second-order valence-electron chi connectivity index (χ2n) is 3.87. The lowest BCUT2D eigenvalue weighted by Gasteiger charge is -2.12. The molecule has 0 aliphatic heterocycles. The number of hydrogen-bond acceptors (Lipinski definition) is 1. The third-order valence-electron chi connectivity index (χ3n) is 2.52. The van der Waals surface area contributed by atoms with Crippen molar-refractivity contribution in [3.8, 4) is 0 Å². The number of halogens is 1. The van der Waals surface area contributed by atoms with E-state index in [4.69, 9.17) is 11.6 Å². The van der Waals surface area contributed by atoms with Crippen molar-refractivity contribution in [2.24, 2.45) is 0 Å². The second-order valence-corrected chi connectivity index (χ2v) is 4.31. The molecular weight excluding hydrogens is 220 g/mol. The Kier molecular flexibility index (Phi) is 3.28. The molecule has 1 atom stereocenters. The van der Waals surface area contributed by atoms with Crippen molar-refractivity contribution in [3.05, 3.63) is 70.2 Å². The molecule has 0 aliphatic rings. The molecule has 2 rings (SSSR count). The first-order valence-corrected chi connectivity index (χ1v) is 5.55. The summed E-state index contributed by atoms with van der Waals surface area (Å²) < 4.78 is 0. The van der Waals surface area contributed by atoms with Crippen molar-refractivity contribution < 1.29 is 5.11 Å². The Morgan fingerprint density at radius 1 is 1.00 bits per heavy atom. The first-order valence-electron chi connectivity index (χ1n) is 5.17. The third-order valence-corrected chi connectivity index (χ3v) is 2.76. The summed E-state index contributed by atoms with van der Waals surface area (Å²) in [5, 5.41) is 10.8. The fraction of sp³-hybridized carbons (Fsp3) is 0.143. The molecule has 16 heavy (non-hydrogen) atoms. The highest BCUT2D eigenvalue weighted by Crippen LogP contribution is 2.24. The summed E-state index contributed by atoms with van der Waals surface area (Å²) in [6, 6.07) is 15.1. The van der Waals surface area contributed by atoms with Crippen molar-refractivity contribution in [2.45, 2.75) is 13.0 Å². The van der Waals surface area contributed by atoms with E-state index in [0.29, 0.717) is 5.02 Å². The minimum atomic E-state index is -0.612. The Morgan fingerprint density at radius 3 is 2.25 bits per heavy atom. The lowest BCUT2D eigenvalue weighted by molar-refractivity contribution is 0.220. The summed E-state index contributed by atoms with van der Waals surface area (Å²) in [7, 11) is 0. The van der Waals surface area contributed by atoms with Gasteiger partial charge in [0.05, 0.1) is 0 Å². The van der Waals surface area contributed by atoms with Gasteiger partial charge in [0.15, 0.2) is 0 Å². The fourth-order valence-electron chi connectivity index (χ4n) is 1.71. The summed E-state index contributed by atoms with van der Waals surface area (Å²) in [4.78, 5) is 0. The SMILES string of the molecule is Cc1cccc([C@@H](O)c2cccc(Cl)c2)c1.